The first kappa shape index (κ1) is 19.4. The minimum atomic E-state index is -0.805. The van der Waals surface area contributed by atoms with Gasteiger partial charge in [-0.05, 0) is 38.5 Å². The summed E-state index contributed by atoms with van der Waals surface area (Å²) in [5.41, 5.74) is 8.01. The molecule has 1 aromatic carbocycles. The van der Waals surface area contributed by atoms with Gasteiger partial charge in [0.1, 0.15) is 11.6 Å². The molecule has 0 saturated carbocycles. The lowest BCUT2D eigenvalue weighted by Crippen LogP contribution is -2.54. The normalized spacial score (nSPS) is 25.9. The van der Waals surface area contributed by atoms with E-state index in [-0.39, 0.29) is 12.1 Å². The molecule has 28 heavy (non-hydrogen) atoms. The minimum absolute atomic E-state index is 0.208. The van der Waals surface area contributed by atoms with Gasteiger partial charge in [0, 0.05) is 49.0 Å². The van der Waals surface area contributed by atoms with E-state index < -0.39 is 23.3 Å². The fraction of sp³-hybridized carbons (Fsp3) is 0.550. The Bertz CT molecular complexity index is 839. The minimum Gasteiger partial charge on any atom is -0.389 e. The lowest BCUT2D eigenvalue weighted by atomic mass is 9.89. The third-order valence-corrected chi connectivity index (χ3v) is 5.56. The second-order valence-electron chi connectivity index (χ2n) is 8.62. The predicted molar refractivity (Wildman–Crippen MR) is 101 cm³/mol. The van der Waals surface area contributed by atoms with Crippen LogP contribution in [0.15, 0.2) is 24.4 Å². The number of nitrogens with two attached hydrogens (primary N) is 1. The van der Waals surface area contributed by atoms with Gasteiger partial charge in [-0.1, -0.05) is 0 Å². The Labute approximate surface area is 163 Å². The molecule has 1 unspecified atom stereocenters. The van der Waals surface area contributed by atoms with Gasteiger partial charge < -0.3 is 16.2 Å². The van der Waals surface area contributed by atoms with Gasteiger partial charge in [0.2, 0.25) is 0 Å². The highest BCUT2D eigenvalue weighted by Crippen LogP contribution is 2.31. The first-order valence-electron chi connectivity index (χ1n) is 9.65. The summed E-state index contributed by atoms with van der Waals surface area (Å²) in [6.45, 7) is 6.14. The van der Waals surface area contributed by atoms with Gasteiger partial charge >= 0.3 is 0 Å². The number of fused-ring (bicyclic) bond motifs is 1. The maximum Gasteiger partial charge on any atom is 0.128 e. The summed E-state index contributed by atoms with van der Waals surface area (Å²) in [5, 5.41) is 17.9. The molecule has 2 aliphatic heterocycles. The Morgan fingerprint density at radius 2 is 2.11 bits per heavy atom. The van der Waals surface area contributed by atoms with Crippen molar-refractivity contribution in [3.05, 3.63) is 52.9 Å². The molecule has 1 aromatic heterocycles. The summed E-state index contributed by atoms with van der Waals surface area (Å²) in [6, 6.07) is 3.00. The average molecular weight is 391 g/mol. The zero-order valence-electron chi connectivity index (χ0n) is 16.2. The highest BCUT2D eigenvalue weighted by molar-refractivity contribution is 5.26. The molecule has 3 heterocycles. The van der Waals surface area contributed by atoms with Crippen LogP contribution < -0.4 is 11.1 Å². The van der Waals surface area contributed by atoms with E-state index >= 15 is 0 Å². The molecular formula is C20H27F2N5O. The number of aromatic nitrogens is 2. The molecule has 0 spiro atoms. The third-order valence-electron chi connectivity index (χ3n) is 5.56. The standard InChI is InChI=1S/C20H27F2N5O/c1-20(2,28)11-27-9-12-8-26(10-18(12)25-27)14-6-17(23)19(24-7-14)15-5-13(21)3-4-16(15)22/h3-5,9,14,17,19,24,28H,6-8,10-11,23H2,1-2H3/t14-,17+,19?/m1/s1. The largest absolute Gasteiger partial charge is 0.389 e. The molecule has 0 aliphatic carbocycles. The van der Waals surface area contributed by atoms with Crippen LogP contribution in [0.1, 0.15) is 43.1 Å². The van der Waals surface area contributed by atoms with Crippen LogP contribution in [0.4, 0.5) is 8.78 Å². The Hall–Kier alpha value is -1.87. The predicted octanol–water partition coefficient (Wildman–Crippen LogP) is 1.68. The van der Waals surface area contributed by atoms with Crippen molar-refractivity contribution in [2.24, 2.45) is 5.73 Å². The van der Waals surface area contributed by atoms with Gasteiger partial charge in [0.05, 0.1) is 23.9 Å². The fourth-order valence-electron chi connectivity index (χ4n) is 4.29. The van der Waals surface area contributed by atoms with Gasteiger partial charge in [-0.2, -0.15) is 5.10 Å². The first-order chi connectivity index (χ1) is 13.2. The van der Waals surface area contributed by atoms with Crippen LogP contribution in [0.2, 0.25) is 0 Å². The molecule has 0 amide bonds. The topological polar surface area (TPSA) is 79.3 Å². The molecule has 3 atom stereocenters. The van der Waals surface area contributed by atoms with E-state index in [2.05, 4.69) is 15.3 Å². The Morgan fingerprint density at radius 1 is 1.32 bits per heavy atom. The van der Waals surface area contributed by atoms with E-state index in [1.165, 1.54) is 6.07 Å². The number of piperidine rings is 1. The second kappa shape index (κ2) is 7.18. The van der Waals surface area contributed by atoms with Crippen LogP contribution in [0.3, 0.4) is 0 Å². The molecule has 2 aromatic rings. The van der Waals surface area contributed by atoms with Crippen LogP contribution in [0, 0.1) is 11.6 Å². The highest BCUT2D eigenvalue weighted by Gasteiger charge is 2.36. The number of halogens is 2. The number of rotatable bonds is 4. The number of nitrogens with one attached hydrogen (secondary N) is 1. The summed E-state index contributed by atoms with van der Waals surface area (Å²) in [6.07, 6.45) is 2.69. The van der Waals surface area contributed by atoms with E-state index in [4.69, 9.17) is 5.73 Å². The zero-order chi connectivity index (χ0) is 20.1. The van der Waals surface area contributed by atoms with Gasteiger partial charge in [-0.25, -0.2) is 8.78 Å². The summed E-state index contributed by atoms with van der Waals surface area (Å²) in [5.74, 6) is -0.893. The quantitative estimate of drug-likeness (QED) is 0.739. The Kier molecular flexibility index (Phi) is 4.99. The molecule has 0 bridgehead atoms. The summed E-state index contributed by atoms with van der Waals surface area (Å²) in [7, 11) is 0. The summed E-state index contributed by atoms with van der Waals surface area (Å²) >= 11 is 0. The van der Waals surface area contributed by atoms with Crippen LogP contribution in [-0.2, 0) is 19.6 Å². The fourth-order valence-corrected chi connectivity index (χ4v) is 4.29. The van der Waals surface area contributed by atoms with E-state index in [0.717, 1.165) is 36.5 Å². The summed E-state index contributed by atoms with van der Waals surface area (Å²) in [4.78, 5) is 2.32. The lowest BCUT2D eigenvalue weighted by molar-refractivity contribution is 0.0571. The molecule has 4 N–H and O–H groups in total. The van der Waals surface area contributed by atoms with E-state index in [9.17, 15) is 13.9 Å². The van der Waals surface area contributed by atoms with E-state index in [1.807, 2.05) is 6.20 Å². The van der Waals surface area contributed by atoms with Gasteiger partial charge in [-0.3, -0.25) is 9.58 Å². The zero-order valence-corrected chi connectivity index (χ0v) is 16.2. The van der Waals surface area contributed by atoms with E-state index in [0.29, 0.717) is 25.1 Å². The number of aliphatic hydroxyl groups is 1. The molecule has 1 fully saturated rings. The Morgan fingerprint density at radius 3 is 2.79 bits per heavy atom. The van der Waals surface area contributed by atoms with Crippen LogP contribution in [-0.4, -0.2) is 44.0 Å². The van der Waals surface area contributed by atoms with Crippen LogP contribution in [0.5, 0.6) is 0 Å². The first-order valence-corrected chi connectivity index (χ1v) is 9.65. The molecule has 4 rings (SSSR count). The van der Waals surface area contributed by atoms with Crippen molar-refractivity contribution in [2.75, 3.05) is 6.54 Å². The number of benzene rings is 1. The number of nitrogens with zero attached hydrogens (tertiary/aromatic N) is 3. The number of hydrogen-bond donors (Lipinski definition) is 3. The average Bonchev–Trinajstić information content (AvgIpc) is 3.14. The second-order valence-corrected chi connectivity index (χ2v) is 8.62. The van der Waals surface area contributed by atoms with Gasteiger partial charge in [-0.15, -0.1) is 0 Å². The maximum absolute atomic E-state index is 14.1. The molecule has 152 valence electrons. The maximum atomic E-state index is 14.1. The molecule has 6 nitrogen and oxygen atoms in total. The summed E-state index contributed by atoms with van der Waals surface area (Å²) < 4.78 is 29.5. The van der Waals surface area contributed by atoms with Crippen molar-refractivity contribution in [1.82, 2.24) is 20.0 Å². The highest BCUT2D eigenvalue weighted by atomic mass is 19.1. The molecule has 2 aliphatic rings. The van der Waals surface area contributed by atoms with Crippen molar-refractivity contribution in [2.45, 2.75) is 63.6 Å². The lowest BCUT2D eigenvalue weighted by Gasteiger charge is -2.39. The number of hydrogen-bond acceptors (Lipinski definition) is 5. The third kappa shape index (κ3) is 3.96. The van der Waals surface area contributed by atoms with E-state index in [1.54, 1.807) is 18.5 Å². The van der Waals surface area contributed by atoms with Crippen molar-refractivity contribution in [3.8, 4) is 0 Å². The molecule has 0 radical (unpaired) electrons. The smallest absolute Gasteiger partial charge is 0.128 e. The van der Waals surface area contributed by atoms with Gasteiger partial charge in [0.15, 0.2) is 0 Å². The van der Waals surface area contributed by atoms with Crippen molar-refractivity contribution in [1.29, 1.82) is 0 Å². The van der Waals surface area contributed by atoms with Crippen molar-refractivity contribution >= 4 is 0 Å². The molecular weight excluding hydrogens is 364 g/mol. The monoisotopic (exact) mass is 391 g/mol. The van der Waals surface area contributed by atoms with Crippen molar-refractivity contribution in [3.63, 3.8) is 0 Å². The SMILES string of the molecule is CC(C)(O)Cn1cc2c(n1)CN([C@H]1CNC(c3cc(F)ccc3F)[C@@H](N)C1)C2. The van der Waals surface area contributed by atoms with Crippen LogP contribution >= 0.6 is 0 Å². The molecule has 8 heteroatoms. The Balaban J connectivity index is 1.40. The van der Waals surface area contributed by atoms with Crippen LogP contribution in [0.25, 0.3) is 0 Å². The van der Waals surface area contributed by atoms with Crippen molar-refractivity contribution < 1.29 is 13.9 Å². The molecule has 1 saturated heterocycles. The van der Waals surface area contributed by atoms with Gasteiger partial charge in [0.25, 0.3) is 0 Å².